The Hall–Kier alpha value is -3.41. The quantitative estimate of drug-likeness (QED) is 0.301. The molecule has 0 saturated heterocycles. The average Bonchev–Trinajstić information content (AvgIpc) is 3.44. The maximum atomic E-state index is 12.6. The van der Waals surface area contributed by atoms with Gasteiger partial charge in [0.05, 0.1) is 14.8 Å². The highest BCUT2D eigenvalue weighted by Gasteiger charge is 2.25. The molecule has 3 aromatic rings. The molecule has 0 radical (unpaired) electrons. The predicted octanol–water partition coefficient (Wildman–Crippen LogP) is 2.71. The molecule has 0 aliphatic carbocycles. The third-order valence-electron chi connectivity index (χ3n) is 4.30. The lowest BCUT2D eigenvalue weighted by Crippen LogP contribution is -2.48. The monoisotopic (exact) mass is 507 g/mol. The Morgan fingerprint density at radius 1 is 0.970 bits per heavy atom. The van der Waals surface area contributed by atoms with Gasteiger partial charge in [-0.2, -0.15) is 0 Å². The van der Waals surface area contributed by atoms with Crippen LogP contribution < -0.4 is 16.0 Å². The number of amides is 3. The zero-order valence-electron chi connectivity index (χ0n) is 16.8. The Balaban J connectivity index is 1.60. The highest BCUT2D eigenvalue weighted by atomic mass is 35.5. The molecule has 0 aliphatic rings. The molecule has 1 atom stereocenters. The van der Waals surface area contributed by atoms with Crippen LogP contribution in [-0.2, 0) is 11.3 Å². The molecule has 3 rings (SSSR count). The Bertz CT molecular complexity index is 1180. The van der Waals surface area contributed by atoms with E-state index >= 15 is 0 Å². The molecule has 2 aromatic heterocycles. The van der Waals surface area contributed by atoms with E-state index in [1.165, 1.54) is 29.5 Å². The van der Waals surface area contributed by atoms with Gasteiger partial charge in [0.1, 0.15) is 16.7 Å². The standard InChI is InChI=1S/C21H18ClN3O6S2/c22-13-8-16(19(28)23-9-11-3-1-4-12(26)7-11)33-17(13)20(29)25-14(21(30)31)10-24-18(27)15-5-2-6-32-15/h1-8,14,26H,9-10H2,(H,23,28)(H,24,27)(H,25,29)(H,30,31). The summed E-state index contributed by atoms with van der Waals surface area (Å²) in [6.45, 7) is -0.187. The number of phenolic OH excluding ortho intramolecular Hbond substituents is 1. The molecular weight excluding hydrogens is 490 g/mol. The van der Waals surface area contributed by atoms with Gasteiger partial charge in [-0.15, -0.1) is 22.7 Å². The van der Waals surface area contributed by atoms with Crippen molar-refractivity contribution in [1.29, 1.82) is 0 Å². The van der Waals surface area contributed by atoms with Crippen LogP contribution in [0, 0.1) is 0 Å². The van der Waals surface area contributed by atoms with Crippen LogP contribution in [0.15, 0.2) is 47.8 Å². The number of thiophene rings is 2. The summed E-state index contributed by atoms with van der Waals surface area (Å²) < 4.78 is 0. The highest BCUT2D eigenvalue weighted by molar-refractivity contribution is 7.16. The van der Waals surface area contributed by atoms with Gasteiger partial charge in [0.15, 0.2) is 0 Å². The minimum absolute atomic E-state index is 0.00762. The second-order valence-electron chi connectivity index (χ2n) is 6.69. The normalized spacial score (nSPS) is 11.4. The highest BCUT2D eigenvalue weighted by Crippen LogP contribution is 2.27. The Kier molecular flexibility index (Phi) is 8.04. The molecule has 12 heteroatoms. The lowest BCUT2D eigenvalue weighted by Gasteiger charge is -2.14. The summed E-state index contributed by atoms with van der Waals surface area (Å²) in [7, 11) is 0. The topological polar surface area (TPSA) is 145 Å². The van der Waals surface area contributed by atoms with Crippen molar-refractivity contribution in [2.24, 2.45) is 0 Å². The summed E-state index contributed by atoms with van der Waals surface area (Å²) in [6, 6.07) is 9.57. The minimum atomic E-state index is -1.40. The third kappa shape index (κ3) is 6.54. The summed E-state index contributed by atoms with van der Waals surface area (Å²) in [6.07, 6.45) is 0. The number of carbonyl (C=O) groups is 4. The molecular formula is C21H18ClN3O6S2. The fourth-order valence-electron chi connectivity index (χ4n) is 2.68. The van der Waals surface area contributed by atoms with E-state index in [-0.39, 0.29) is 33.6 Å². The lowest BCUT2D eigenvalue weighted by atomic mass is 10.2. The number of phenols is 1. The van der Waals surface area contributed by atoms with Crippen LogP contribution in [0.25, 0.3) is 0 Å². The molecule has 0 fully saturated rings. The SMILES string of the molecule is O=C(NCC(NC(=O)c1sc(C(=O)NCc2cccc(O)c2)cc1Cl)C(=O)O)c1cccs1. The van der Waals surface area contributed by atoms with Crippen LogP contribution in [0.4, 0.5) is 0 Å². The first-order valence-corrected chi connectivity index (χ1v) is 11.5. The molecule has 3 amide bonds. The predicted molar refractivity (Wildman–Crippen MR) is 124 cm³/mol. The fraction of sp³-hybridized carbons (Fsp3) is 0.143. The lowest BCUT2D eigenvalue weighted by molar-refractivity contribution is -0.139. The van der Waals surface area contributed by atoms with Gasteiger partial charge in [-0.1, -0.05) is 29.8 Å². The maximum absolute atomic E-state index is 12.6. The second-order valence-corrected chi connectivity index (χ2v) is 9.10. The number of benzene rings is 1. The van der Waals surface area contributed by atoms with Gasteiger partial charge in [0.2, 0.25) is 0 Å². The largest absolute Gasteiger partial charge is 0.508 e. The van der Waals surface area contributed by atoms with Gasteiger partial charge in [-0.25, -0.2) is 4.79 Å². The smallest absolute Gasteiger partial charge is 0.328 e. The maximum Gasteiger partial charge on any atom is 0.328 e. The van der Waals surface area contributed by atoms with E-state index in [4.69, 9.17) is 11.6 Å². The number of aliphatic carboxylic acids is 1. The first-order chi connectivity index (χ1) is 15.7. The molecule has 0 aliphatic heterocycles. The van der Waals surface area contributed by atoms with E-state index in [0.717, 1.165) is 11.3 Å². The Morgan fingerprint density at radius 2 is 1.73 bits per heavy atom. The number of carboxylic acid groups (broad SMARTS) is 1. The van der Waals surface area contributed by atoms with Crippen molar-refractivity contribution < 1.29 is 29.4 Å². The van der Waals surface area contributed by atoms with Gasteiger partial charge >= 0.3 is 5.97 Å². The average molecular weight is 508 g/mol. The number of nitrogens with one attached hydrogen (secondary N) is 3. The second kappa shape index (κ2) is 10.9. The van der Waals surface area contributed by atoms with Crippen molar-refractivity contribution in [3.05, 3.63) is 73.1 Å². The van der Waals surface area contributed by atoms with Crippen molar-refractivity contribution >= 4 is 58.0 Å². The van der Waals surface area contributed by atoms with Crippen LogP contribution in [0.1, 0.15) is 34.6 Å². The molecule has 172 valence electrons. The van der Waals surface area contributed by atoms with E-state index in [9.17, 15) is 29.4 Å². The van der Waals surface area contributed by atoms with Crippen LogP contribution in [0.3, 0.4) is 0 Å². The molecule has 0 saturated carbocycles. The molecule has 9 nitrogen and oxygen atoms in total. The molecule has 1 unspecified atom stereocenters. The van der Waals surface area contributed by atoms with Crippen LogP contribution >= 0.6 is 34.3 Å². The number of carbonyl (C=O) groups excluding carboxylic acids is 3. The summed E-state index contributed by atoms with van der Waals surface area (Å²) in [4.78, 5) is 49.1. The van der Waals surface area contributed by atoms with E-state index in [2.05, 4.69) is 16.0 Å². The van der Waals surface area contributed by atoms with Crippen molar-refractivity contribution in [1.82, 2.24) is 16.0 Å². The molecule has 33 heavy (non-hydrogen) atoms. The van der Waals surface area contributed by atoms with Crippen molar-refractivity contribution in [2.45, 2.75) is 12.6 Å². The van der Waals surface area contributed by atoms with E-state index in [1.54, 1.807) is 29.6 Å². The Morgan fingerprint density at radius 3 is 2.39 bits per heavy atom. The number of hydrogen-bond donors (Lipinski definition) is 5. The van der Waals surface area contributed by atoms with Crippen molar-refractivity contribution in [3.63, 3.8) is 0 Å². The van der Waals surface area contributed by atoms with Gasteiger partial charge in [0, 0.05) is 13.1 Å². The first-order valence-electron chi connectivity index (χ1n) is 9.45. The number of halogens is 1. The molecule has 0 spiro atoms. The summed E-state index contributed by atoms with van der Waals surface area (Å²) in [5.41, 5.74) is 0.679. The van der Waals surface area contributed by atoms with Gasteiger partial charge in [0.25, 0.3) is 17.7 Å². The minimum Gasteiger partial charge on any atom is -0.508 e. The van der Waals surface area contributed by atoms with Gasteiger partial charge < -0.3 is 26.2 Å². The molecule has 5 N–H and O–H groups in total. The van der Waals surface area contributed by atoms with E-state index in [1.807, 2.05) is 0 Å². The number of carboxylic acids is 1. The van der Waals surface area contributed by atoms with Crippen LogP contribution in [0.5, 0.6) is 5.75 Å². The zero-order chi connectivity index (χ0) is 24.0. The van der Waals surface area contributed by atoms with Crippen molar-refractivity contribution in [2.75, 3.05) is 6.54 Å². The van der Waals surface area contributed by atoms with Crippen LogP contribution in [0.2, 0.25) is 5.02 Å². The van der Waals surface area contributed by atoms with E-state index in [0.29, 0.717) is 10.4 Å². The number of aromatic hydroxyl groups is 1. The molecule has 0 bridgehead atoms. The Labute approximate surface area is 201 Å². The number of hydrogen-bond acceptors (Lipinski definition) is 7. The third-order valence-corrected chi connectivity index (χ3v) is 6.71. The first kappa shape index (κ1) is 24.2. The molecule has 1 aromatic carbocycles. The summed E-state index contributed by atoms with van der Waals surface area (Å²) in [5.74, 6) is -2.99. The van der Waals surface area contributed by atoms with Crippen LogP contribution in [-0.4, -0.2) is 46.5 Å². The zero-order valence-corrected chi connectivity index (χ0v) is 19.2. The van der Waals surface area contributed by atoms with E-state index < -0.39 is 29.7 Å². The summed E-state index contributed by atoms with van der Waals surface area (Å²) >= 11 is 8.11. The fourth-order valence-corrected chi connectivity index (χ4v) is 4.57. The number of rotatable bonds is 9. The van der Waals surface area contributed by atoms with Crippen molar-refractivity contribution in [3.8, 4) is 5.75 Å². The molecule has 2 heterocycles. The van der Waals surface area contributed by atoms with Gasteiger partial charge in [-0.3, -0.25) is 14.4 Å². The summed E-state index contributed by atoms with van der Waals surface area (Å²) in [5, 5.41) is 28.0. The van der Waals surface area contributed by atoms with Gasteiger partial charge in [-0.05, 0) is 35.2 Å².